The van der Waals surface area contributed by atoms with Crippen molar-refractivity contribution in [2.45, 2.75) is 24.4 Å². The van der Waals surface area contributed by atoms with E-state index in [2.05, 4.69) is 0 Å². The Balaban J connectivity index is 2.41. The molecule has 0 saturated heterocycles. The standard InChI is InChI=1S/C22H13F13N2O2/c23-14(6-12(21(30,31)32)10-4-15(24)18(26)16(25)5-10)9-1-2-11(13(3-9)22(33,34)35)19(39)36-7-17(38)37-8-20(27,28)29/h1-6,12H,7-8H2,(H,36,39)(H,37,38)/b14-6-. The van der Waals surface area contributed by atoms with E-state index in [1.165, 1.54) is 5.32 Å². The monoisotopic (exact) mass is 584 g/mol. The maximum Gasteiger partial charge on any atom is 0.417 e. The summed E-state index contributed by atoms with van der Waals surface area (Å²) in [6.45, 7) is -2.99. The highest BCUT2D eigenvalue weighted by Crippen LogP contribution is 2.40. The van der Waals surface area contributed by atoms with Crippen molar-refractivity contribution in [1.82, 2.24) is 10.6 Å². The molecule has 17 heteroatoms. The quantitative estimate of drug-likeness (QED) is 0.302. The van der Waals surface area contributed by atoms with Gasteiger partial charge in [0.15, 0.2) is 17.5 Å². The van der Waals surface area contributed by atoms with Crippen LogP contribution in [0.5, 0.6) is 0 Å². The third kappa shape index (κ3) is 8.61. The average Bonchev–Trinajstić information content (AvgIpc) is 2.80. The molecule has 0 radical (unpaired) electrons. The third-order valence-electron chi connectivity index (χ3n) is 4.77. The number of amides is 2. The molecule has 0 fully saturated rings. The fraction of sp³-hybridized carbons (Fsp3) is 0.273. The summed E-state index contributed by atoms with van der Waals surface area (Å²) in [5.41, 5.74) is -5.65. The zero-order valence-electron chi connectivity index (χ0n) is 18.7. The average molecular weight is 584 g/mol. The minimum Gasteiger partial charge on any atom is -0.345 e. The zero-order valence-corrected chi connectivity index (χ0v) is 18.7. The van der Waals surface area contributed by atoms with E-state index >= 15 is 0 Å². The molecule has 4 nitrogen and oxygen atoms in total. The van der Waals surface area contributed by atoms with Gasteiger partial charge < -0.3 is 10.6 Å². The minimum absolute atomic E-state index is 0.0796. The van der Waals surface area contributed by atoms with E-state index in [1.807, 2.05) is 0 Å². The summed E-state index contributed by atoms with van der Waals surface area (Å²) < 4.78 is 172. The Morgan fingerprint density at radius 1 is 0.846 bits per heavy atom. The lowest BCUT2D eigenvalue weighted by atomic mass is 9.95. The molecule has 0 aliphatic heterocycles. The highest BCUT2D eigenvalue weighted by molar-refractivity contribution is 5.98. The molecule has 0 aromatic heterocycles. The van der Waals surface area contributed by atoms with Gasteiger partial charge >= 0.3 is 18.5 Å². The Labute approximate surface area is 209 Å². The minimum atomic E-state index is -5.45. The van der Waals surface area contributed by atoms with Crippen molar-refractivity contribution >= 4 is 17.6 Å². The van der Waals surface area contributed by atoms with Crippen LogP contribution in [0.15, 0.2) is 36.4 Å². The molecule has 39 heavy (non-hydrogen) atoms. The van der Waals surface area contributed by atoms with Crippen LogP contribution < -0.4 is 10.6 Å². The van der Waals surface area contributed by atoms with Gasteiger partial charge in [-0.1, -0.05) is 6.07 Å². The molecule has 2 aromatic rings. The lowest BCUT2D eigenvalue weighted by molar-refractivity contribution is -0.140. The van der Waals surface area contributed by atoms with E-state index in [4.69, 9.17) is 0 Å². The van der Waals surface area contributed by atoms with Gasteiger partial charge in [0.2, 0.25) is 5.91 Å². The third-order valence-corrected chi connectivity index (χ3v) is 4.77. The number of nitrogens with one attached hydrogen (secondary N) is 2. The fourth-order valence-corrected chi connectivity index (χ4v) is 3.02. The summed E-state index contributed by atoms with van der Waals surface area (Å²) in [7, 11) is 0. The summed E-state index contributed by atoms with van der Waals surface area (Å²) in [4.78, 5) is 23.5. The summed E-state index contributed by atoms with van der Waals surface area (Å²) in [5.74, 6) is -14.4. The summed E-state index contributed by atoms with van der Waals surface area (Å²) in [5, 5.41) is 2.94. The molecule has 2 rings (SSSR count). The van der Waals surface area contributed by atoms with Gasteiger partial charge in [-0.3, -0.25) is 9.59 Å². The van der Waals surface area contributed by atoms with E-state index < -0.39 is 94.9 Å². The van der Waals surface area contributed by atoms with Crippen molar-refractivity contribution in [2.24, 2.45) is 0 Å². The number of halogens is 13. The Bertz CT molecular complexity index is 1240. The maximum atomic E-state index is 14.7. The summed E-state index contributed by atoms with van der Waals surface area (Å²) in [6.07, 6.45) is -16.0. The molecule has 0 aliphatic rings. The first kappa shape index (κ1) is 31.4. The molecule has 1 atom stereocenters. The van der Waals surface area contributed by atoms with Crippen LogP contribution in [0.3, 0.4) is 0 Å². The Hall–Kier alpha value is -3.79. The van der Waals surface area contributed by atoms with Gasteiger partial charge in [0.05, 0.1) is 17.7 Å². The van der Waals surface area contributed by atoms with Gasteiger partial charge in [0, 0.05) is 5.56 Å². The highest BCUT2D eigenvalue weighted by atomic mass is 19.4. The first-order valence-electron chi connectivity index (χ1n) is 10.1. The predicted molar refractivity (Wildman–Crippen MR) is 107 cm³/mol. The topological polar surface area (TPSA) is 58.2 Å². The molecule has 2 amide bonds. The number of hydrogen-bond donors (Lipinski definition) is 2. The fourth-order valence-electron chi connectivity index (χ4n) is 3.02. The number of hydrogen-bond acceptors (Lipinski definition) is 2. The highest BCUT2D eigenvalue weighted by Gasteiger charge is 2.41. The zero-order chi connectivity index (χ0) is 29.9. The van der Waals surface area contributed by atoms with Crippen molar-refractivity contribution in [3.8, 4) is 0 Å². The van der Waals surface area contributed by atoms with E-state index in [0.29, 0.717) is 12.1 Å². The molecule has 0 saturated carbocycles. The lowest BCUT2D eigenvalue weighted by Crippen LogP contribution is -2.41. The van der Waals surface area contributed by atoms with Crippen molar-refractivity contribution in [3.05, 3.63) is 76.1 Å². The smallest absolute Gasteiger partial charge is 0.345 e. The van der Waals surface area contributed by atoms with Crippen LogP contribution in [0.2, 0.25) is 0 Å². The van der Waals surface area contributed by atoms with E-state index in [0.717, 1.165) is 0 Å². The van der Waals surface area contributed by atoms with Gasteiger partial charge in [-0.25, -0.2) is 17.6 Å². The maximum absolute atomic E-state index is 14.7. The predicted octanol–water partition coefficient (Wildman–Crippen LogP) is 6.19. The molecule has 214 valence electrons. The largest absolute Gasteiger partial charge is 0.417 e. The van der Waals surface area contributed by atoms with Crippen LogP contribution in [-0.4, -0.2) is 37.3 Å². The van der Waals surface area contributed by atoms with Crippen LogP contribution in [0.25, 0.3) is 5.83 Å². The summed E-state index contributed by atoms with van der Waals surface area (Å²) in [6, 6.07) is 0.497. The normalized spacial score (nSPS) is 13.7. The molecule has 2 N–H and O–H groups in total. The molecule has 0 spiro atoms. The van der Waals surface area contributed by atoms with Crippen LogP contribution in [-0.2, 0) is 11.0 Å². The van der Waals surface area contributed by atoms with Crippen LogP contribution in [0.4, 0.5) is 57.1 Å². The second-order valence-corrected chi connectivity index (χ2v) is 7.67. The van der Waals surface area contributed by atoms with Crippen molar-refractivity contribution in [3.63, 3.8) is 0 Å². The Kier molecular flexibility index (Phi) is 9.29. The molecule has 0 heterocycles. The number of carbonyl (C=O) groups is 2. The number of benzene rings is 2. The first-order chi connectivity index (χ1) is 17.7. The molecule has 1 unspecified atom stereocenters. The van der Waals surface area contributed by atoms with E-state index in [1.54, 1.807) is 5.32 Å². The Morgan fingerprint density at radius 2 is 1.41 bits per heavy atom. The molecule has 2 aromatic carbocycles. The van der Waals surface area contributed by atoms with Crippen molar-refractivity contribution < 1.29 is 66.7 Å². The van der Waals surface area contributed by atoms with Crippen molar-refractivity contribution in [2.75, 3.05) is 13.1 Å². The van der Waals surface area contributed by atoms with Gasteiger partial charge in [-0.15, -0.1) is 0 Å². The molecular weight excluding hydrogens is 571 g/mol. The second kappa shape index (κ2) is 11.5. The van der Waals surface area contributed by atoms with Gasteiger partial charge in [-0.05, 0) is 35.9 Å². The number of allylic oxidation sites excluding steroid dienone is 1. The first-order valence-corrected chi connectivity index (χ1v) is 10.1. The van der Waals surface area contributed by atoms with Gasteiger partial charge in [0.1, 0.15) is 18.3 Å². The number of rotatable bonds is 7. The van der Waals surface area contributed by atoms with Crippen LogP contribution in [0.1, 0.15) is 33.0 Å². The van der Waals surface area contributed by atoms with Crippen LogP contribution in [0, 0.1) is 17.5 Å². The van der Waals surface area contributed by atoms with Gasteiger partial charge in [0.25, 0.3) is 5.91 Å². The molecule has 0 aliphatic carbocycles. The van der Waals surface area contributed by atoms with Crippen molar-refractivity contribution in [1.29, 1.82) is 0 Å². The van der Waals surface area contributed by atoms with E-state index in [-0.39, 0.29) is 24.3 Å². The molecular formula is C22H13F13N2O2. The number of alkyl halides is 9. The lowest BCUT2D eigenvalue weighted by Gasteiger charge is -2.19. The van der Waals surface area contributed by atoms with Gasteiger partial charge in [-0.2, -0.15) is 39.5 Å². The Morgan fingerprint density at radius 3 is 1.90 bits per heavy atom. The molecule has 0 bridgehead atoms. The number of carbonyl (C=O) groups excluding carboxylic acids is 2. The summed E-state index contributed by atoms with van der Waals surface area (Å²) >= 11 is 0. The SMILES string of the molecule is O=C(CNC(=O)c1ccc(/C(F)=C/C(c2cc(F)c(F)c(F)c2)C(F)(F)F)cc1C(F)(F)F)NCC(F)(F)F. The second-order valence-electron chi connectivity index (χ2n) is 7.67. The van der Waals surface area contributed by atoms with Crippen LogP contribution >= 0.6 is 0 Å². The van der Waals surface area contributed by atoms with E-state index in [9.17, 15) is 66.7 Å².